The summed E-state index contributed by atoms with van der Waals surface area (Å²) in [5.41, 5.74) is -0.574. The summed E-state index contributed by atoms with van der Waals surface area (Å²) in [5, 5.41) is 8.64. The van der Waals surface area contributed by atoms with Crippen molar-refractivity contribution in [2.45, 2.75) is 45.6 Å². The number of Topliss-reactive ketones (excluding diaryl/α,β-unsaturated/α-hetero) is 1. The van der Waals surface area contributed by atoms with Gasteiger partial charge in [0.1, 0.15) is 11.4 Å². The van der Waals surface area contributed by atoms with E-state index >= 15 is 0 Å². The number of hydrogen-bond acceptors (Lipinski definition) is 4. The molecule has 1 saturated heterocycles. The van der Waals surface area contributed by atoms with Gasteiger partial charge in [0, 0.05) is 31.8 Å². The van der Waals surface area contributed by atoms with Crippen LogP contribution in [0, 0.1) is 5.92 Å². The predicted octanol–water partition coefficient (Wildman–Crippen LogP) is 1.68. The minimum atomic E-state index is -0.929. The van der Waals surface area contributed by atoms with Crippen LogP contribution in [0.4, 0.5) is 4.79 Å². The molecule has 1 atom stereocenters. The second-order valence-corrected chi connectivity index (χ2v) is 5.77. The SMILES string of the molecule is CC(C)(C)OC(=O)N1CCC(=O)C(CCC(=O)O)C1. The lowest BCUT2D eigenvalue weighted by Gasteiger charge is -2.33. The van der Waals surface area contributed by atoms with Crippen LogP contribution >= 0.6 is 0 Å². The summed E-state index contributed by atoms with van der Waals surface area (Å²) in [7, 11) is 0. The van der Waals surface area contributed by atoms with Gasteiger partial charge in [-0.05, 0) is 27.2 Å². The van der Waals surface area contributed by atoms with E-state index < -0.39 is 23.6 Å². The van der Waals surface area contributed by atoms with Crippen LogP contribution in [-0.2, 0) is 14.3 Å². The first-order chi connectivity index (χ1) is 8.69. The number of amides is 1. The Morgan fingerprint density at radius 2 is 2.05 bits per heavy atom. The van der Waals surface area contributed by atoms with E-state index in [0.717, 1.165) is 0 Å². The van der Waals surface area contributed by atoms with Gasteiger partial charge in [-0.1, -0.05) is 0 Å². The Bertz CT molecular complexity index is 372. The van der Waals surface area contributed by atoms with Crippen LogP contribution in [0.2, 0.25) is 0 Å². The average molecular weight is 271 g/mol. The molecule has 6 nitrogen and oxygen atoms in total. The Hall–Kier alpha value is -1.59. The van der Waals surface area contributed by atoms with Gasteiger partial charge in [0.15, 0.2) is 0 Å². The van der Waals surface area contributed by atoms with Crippen molar-refractivity contribution in [1.82, 2.24) is 4.90 Å². The number of ether oxygens (including phenoxy) is 1. The van der Waals surface area contributed by atoms with Gasteiger partial charge in [0.2, 0.25) is 0 Å². The average Bonchev–Trinajstić information content (AvgIpc) is 2.25. The van der Waals surface area contributed by atoms with Crippen LogP contribution in [0.15, 0.2) is 0 Å². The van der Waals surface area contributed by atoms with Crippen LogP contribution in [0.3, 0.4) is 0 Å². The minimum absolute atomic E-state index is 0.0288. The van der Waals surface area contributed by atoms with Gasteiger partial charge in [-0.3, -0.25) is 9.59 Å². The molecule has 0 aromatic rings. The van der Waals surface area contributed by atoms with Crippen molar-refractivity contribution in [3.8, 4) is 0 Å². The molecule has 0 bridgehead atoms. The molecule has 1 fully saturated rings. The van der Waals surface area contributed by atoms with Gasteiger partial charge in [-0.25, -0.2) is 4.79 Å². The maximum absolute atomic E-state index is 11.9. The standard InChI is InChI=1S/C13H21NO5/c1-13(2,3)19-12(18)14-7-6-10(15)9(8-14)4-5-11(16)17/h9H,4-8H2,1-3H3,(H,16,17). The molecule has 0 aliphatic carbocycles. The molecule has 1 amide bonds. The smallest absolute Gasteiger partial charge is 0.410 e. The summed E-state index contributed by atoms with van der Waals surface area (Å²) in [4.78, 5) is 35.6. The number of piperidine rings is 1. The van der Waals surface area contributed by atoms with E-state index in [4.69, 9.17) is 9.84 Å². The number of carbonyl (C=O) groups is 3. The number of aliphatic carboxylic acids is 1. The van der Waals surface area contributed by atoms with E-state index in [0.29, 0.717) is 6.54 Å². The zero-order valence-electron chi connectivity index (χ0n) is 11.6. The molecule has 0 radical (unpaired) electrons. The van der Waals surface area contributed by atoms with Crippen molar-refractivity contribution < 1.29 is 24.2 Å². The number of rotatable bonds is 3. The van der Waals surface area contributed by atoms with Crippen molar-refractivity contribution >= 4 is 17.8 Å². The van der Waals surface area contributed by atoms with Crippen LogP contribution in [0.25, 0.3) is 0 Å². The number of likely N-dealkylation sites (tertiary alicyclic amines) is 1. The molecule has 1 aliphatic rings. The van der Waals surface area contributed by atoms with E-state index in [1.807, 2.05) is 0 Å². The third-order valence-corrected chi connectivity index (χ3v) is 2.88. The third-order valence-electron chi connectivity index (χ3n) is 2.88. The Morgan fingerprint density at radius 1 is 1.42 bits per heavy atom. The molecule has 108 valence electrons. The lowest BCUT2D eigenvalue weighted by atomic mass is 9.92. The Morgan fingerprint density at radius 3 is 2.58 bits per heavy atom. The predicted molar refractivity (Wildman–Crippen MR) is 67.8 cm³/mol. The van der Waals surface area contributed by atoms with Gasteiger partial charge in [-0.15, -0.1) is 0 Å². The zero-order valence-corrected chi connectivity index (χ0v) is 11.6. The van der Waals surface area contributed by atoms with E-state index in [1.165, 1.54) is 4.90 Å². The number of nitrogens with zero attached hydrogens (tertiary/aromatic N) is 1. The highest BCUT2D eigenvalue weighted by atomic mass is 16.6. The van der Waals surface area contributed by atoms with E-state index in [9.17, 15) is 14.4 Å². The Kier molecular flexibility index (Phi) is 4.91. The molecule has 1 heterocycles. The summed E-state index contributed by atoms with van der Waals surface area (Å²) in [6.07, 6.45) is 0.0376. The van der Waals surface area contributed by atoms with Crippen molar-refractivity contribution in [3.63, 3.8) is 0 Å². The van der Waals surface area contributed by atoms with E-state index in [1.54, 1.807) is 20.8 Å². The van der Waals surface area contributed by atoms with Crippen LogP contribution in [0.5, 0.6) is 0 Å². The molecular weight excluding hydrogens is 250 g/mol. The molecule has 1 aliphatic heterocycles. The number of carboxylic acids is 1. The molecule has 0 saturated carbocycles. The second-order valence-electron chi connectivity index (χ2n) is 5.77. The molecule has 6 heteroatoms. The number of hydrogen-bond donors (Lipinski definition) is 1. The zero-order chi connectivity index (χ0) is 14.6. The molecule has 0 aromatic carbocycles. The number of ketones is 1. The summed E-state index contributed by atoms with van der Waals surface area (Å²) in [5.74, 6) is -1.29. The van der Waals surface area contributed by atoms with Crippen LogP contribution in [0.1, 0.15) is 40.0 Å². The third kappa shape index (κ3) is 5.28. The molecule has 1 unspecified atom stereocenters. The quantitative estimate of drug-likeness (QED) is 0.844. The molecule has 1 N–H and O–H groups in total. The molecule has 1 rings (SSSR count). The second kappa shape index (κ2) is 6.04. The fourth-order valence-electron chi connectivity index (χ4n) is 1.95. The van der Waals surface area contributed by atoms with E-state index in [-0.39, 0.29) is 31.6 Å². The number of carbonyl (C=O) groups excluding carboxylic acids is 2. The van der Waals surface area contributed by atoms with Crippen molar-refractivity contribution in [2.24, 2.45) is 5.92 Å². The lowest BCUT2D eigenvalue weighted by molar-refractivity contribution is -0.137. The maximum atomic E-state index is 11.9. The normalized spacial score (nSPS) is 20.3. The fourth-order valence-corrected chi connectivity index (χ4v) is 1.95. The highest BCUT2D eigenvalue weighted by Crippen LogP contribution is 2.20. The Balaban J connectivity index is 2.56. The maximum Gasteiger partial charge on any atom is 0.410 e. The van der Waals surface area contributed by atoms with E-state index in [2.05, 4.69) is 0 Å². The summed E-state index contributed by atoms with van der Waals surface area (Å²) < 4.78 is 5.25. The van der Waals surface area contributed by atoms with Gasteiger partial charge < -0.3 is 14.7 Å². The molecule has 0 aromatic heterocycles. The first kappa shape index (κ1) is 15.5. The summed E-state index contributed by atoms with van der Waals surface area (Å²) in [6, 6.07) is 0. The number of carboxylic acid groups (broad SMARTS) is 1. The van der Waals surface area contributed by atoms with Crippen molar-refractivity contribution in [1.29, 1.82) is 0 Å². The summed E-state index contributed by atoms with van der Waals surface area (Å²) in [6.45, 7) is 5.93. The Labute approximate surface area is 112 Å². The molecule has 0 spiro atoms. The lowest BCUT2D eigenvalue weighted by Crippen LogP contribution is -2.46. The van der Waals surface area contributed by atoms with Crippen molar-refractivity contribution in [3.05, 3.63) is 0 Å². The summed E-state index contributed by atoms with van der Waals surface area (Å²) >= 11 is 0. The molecule has 19 heavy (non-hydrogen) atoms. The van der Waals surface area contributed by atoms with Crippen LogP contribution in [-0.4, -0.2) is 46.5 Å². The topological polar surface area (TPSA) is 83.9 Å². The minimum Gasteiger partial charge on any atom is -0.481 e. The first-order valence-corrected chi connectivity index (χ1v) is 6.41. The van der Waals surface area contributed by atoms with Crippen molar-refractivity contribution in [2.75, 3.05) is 13.1 Å². The largest absolute Gasteiger partial charge is 0.481 e. The monoisotopic (exact) mass is 271 g/mol. The van der Waals surface area contributed by atoms with Gasteiger partial charge in [0.25, 0.3) is 0 Å². The molecular formula is C13H21NO5. The van der Waals surface area contributed by atoms with Crippen LogP contribution < -0.4 is 0 Å². The van der Waals surface area contributed by atoms with Gasteiger partial charge >= 0.3 is 12.1 Å². The van der Waals surface area contributed by atoms with Gasteiger partial charge in [0.05, 0.1) is 0 Å². The highest BCUT2D eigenvalue weighted by Gasteiger charge is 2.32. The highest BCUT2D eigenvalue weighted by molar-refractivity contribution is 5.84. The van der Waals surface area contributed by atoms with Gasteiger partial charge in [-0.2, -0.15) is 0 Å². The first-order valence-electron chi connectivity index (χ1n) is 6.41. The fraction of sp³-hybridized carbons (Fsp3) is 0.769.